The summed E-state index contributed by atoms with van der Waals surface area (Å²) in [6, 6.07) is 0. The topological polar surface area (TPSA) is 154 Å². The lowest BCUT2D eigenvalue weighted by Gasteiger charge is -2.13. The molecule has 11 heteroatoms. The van der Waals surface area contributed by atoms with Crippen LogP contribution in [0.1, 0.15) is 23.7 Å². The summed E-state index contributed by atoms with van der Waals surface area (Å²) < 4.78 is 14.0. The second kappa shape index (κ2) is 7.87. The summed E-state index contributed by atoms with van der Waals surface area (Å²) in [6.45, 7) is 1.17. The minimum atomic E-state index is -1.45. The van der Waals surface area contributed by atoms with Gasteiger partial charge in [-0.05, 0) is 6.92 Å². The van der Waals surface area contributed by atoms with Crippen LogP contribution in [0.2, 0.25) is 0 Å². The number of Topliss-reactive ketones (excluding diaryl/α,β-unsaturated/α-hetero) is 1. The van der Waals surface area contributed by atoms with Crippen molar-refractivity contribution in [2.75, 3.05) is 30.3 Å². The number of anilines is 2. The summed E-state index contributed by atoms with van der Waals surface area (Å²) in [4.78, 5) is 46.4. The molecular weight excluding hydrogens is 315 g/mol. The van der Waals surface area contributed by atoms with E-state index in [1.807, 2.05) is 0 Å². The number of ketones is 1. The molecule has 0 fully saturated rings. The van der Waals surface area contributed by atoms with Crippen molar-refractivity contribution in [3.8, 4) is 0 Å². The predicted molar refractivity (Wildman–Crippen MR) is 78.1 cm³/mol. The second-order valence-electron chi connectivity index (χ2n) is 4.40. The van der Waals surface area contributed by atoms with Crippen molar-refractivity contribution < 1.29 is 24.0 Å². The van der Waals surface area contributed by atoms with E-state index in [1.54, 1.807) is 6.92 Å². The number of pyridine rings is 1. The fourth-order valence-corrected chi connectivity index (χ4v) is 1.77. The van der Waals surface area contributed by atoms with E-state index in [4.69, 9.17) is 5.11 Å². The lowest BCUT2D eigenvalue weighted by Crippen LogP contribution is -2.26. The Morgan fingerprint density at radius 2 is 2.00 bits per heavy atom. The molecule has 0 atom stereocenters. The Morgan fingerprint density at radius 3 is 2.52 bits per heavy atom. The van der Waals surface area contributed by atoms with Crippen molar-refractivity contribution in [2.24, 2.45) is 0 Å². The fourth-order valence-electron chi connectivity index (χ4n) is 1.77. The number of nitrogens with one attached hydrogen (secondary N) is 3. The molecule has 0 spiro atoms. The van der Waals surface area contributed by atoms with Gasteiger partial charge >= 0.3 is 5.97 Å². The zero-order valence-electron chi connectivity index (χ0n) is 12.1. The fraction of sp³-hybridized carbons (Fsp3) is 0.417. The van der Waals surface area contributed by atoms with Gasteiger partial charge in [0.05, 0.1) is 6.54 Å². The third kappa shape index (κ3) is 4.76. The quantitative estimate of drug-likeness (QED) is 0.218. The van der Waals surface area contributed by atoms with Gasteiger partial charge in [0.2, 0.25) is 17.8 Å². The van der Waals surface area contributed by atoms with Crippen LogP contribution in [0, 0.1) is 15.9 Å². The van der Waals surface area contributed by atoms with Gasteiger partial charge in [-0.25, -0.2) is 0 Å². The van der Waals surface area contributed by atoms with Crippen molar-refractivity contribution in [1.29, 1.82) is 0 Å². The normalized spacial score (nSPS) is 10.2. The highest BCUT2D eigenvalue weighted by atomic mass is 19.1. The number of carboxylic acids is 1. The van der Waals surface area contributed by atoms with Crippen LogP contribution >= 0.6 is 0 Å². The highest BCUT2D eigenvalue weighted by Crippen LogP contribution is 2.17. The molecule has 23 heavy (non-hydrogen) atoms. The van der Waals surface area contributed by atoms with Crippen LogP contribution in [0.4, 0.5) is 16.0 Å². The van der Waals surface area contributed by atoms with Crippen LogP contribution in [0.15, 0.2) is 4.79 Å². The van der Waals surface area contributed by atoms with Crippen molar-refractivity contribution in [3.63, 3.8) is 0 Å². The number of hydrogen-bond donors (Lipinski definition) is 4. The predicted octanol–water partition coefficient (Wildman–Crippen LogP) is 0.292. The van der Waals surface area contributed by atoms with Crippen molar-refractivity contribution in [3.05, 3.63) is 31.7 Å². The maximum absolute atomic E-state index is 14.0. The number of halogens is 1. The molecule has 0 amide bonds. The summed E-state index contributed by atoms with van der Waals surface area (Å²) in [5.41, 5.74) is -1.92. The van der Waals surface area contributed by atoms with Gasteiger partial charge in [0.15, 0.2) is 5.78 Å². The molecule has 0 saturated heterocycles. The van der Waals surface area contributed by atoms with Crippen LogP contribution in [-0.2, 0) is 4.79 Å². The summed E-state index contributed by atoms with van der Waals surface area (Å²) in [7, 11) is 0. The average molecular weight is 330 g/mol. The number of H-pyrrole nitrogens is 1. The molecule has 0 aliphatic carbocycles. The second-order valence-corrected chi connectivity index (χ2v) is 4.40. The molecule has 0 aliphatic rings. The molecule has 0 unspecified atom stereocenters. The van der Waals surface area contributed by atoms with Crippen LogP contribution in [0.3, 0.4) is 0 Å². The maximum atomic E-state index is 14.0. The minimum Gasteiger partial charge on any atom is -0.481 e. The van der Waals surface area contributed by atoms with E-state index in [2.05, 4.69) is 15.6 Å². The van der Waals surface area contributed by atoms with Crippen LogP contribution in [-0.4, -0.2) is 46.4 Å². The largest absolute Gasteiger partial charge is 0.481 e. The first-order valence-corrected chi connectivity index (χ1v) is 6.58. The first kappa shape index (κ1) is 18.1. The highest BCUT2D eigenvalue weighted by Gasteiger charge is 2.24. The third-order valence-electron chi connectivity index (χ3n) is 2.69. The minimum absolute atomic E-state index is 0.145. The number of aromatic nitrogens is 1. The molecule has 4 N–H and O–H groups in total. The lowest BCUT2D eigenvalue weighted by atomic mass is 10.1. The number of nitro groups is 1. The number of carboxylic acid groups (broad SMARTS) is 1. The molecule has 1 aromatic rings. The first-order chi connectivity index (χ1) is 10.8. The standard InChI is InChI=1S/C12H15FN4O6/c1-2-14-11-8(6(18)5-7(19)20)10(21)9(13)12(16-11)15-3-4-17(22)23/h2-5H2,1H3,(H,19,20)(H3,14,15,16,21). The monoisotopic (exact) mass is 330 g/mol. The van der Waals surface area contributed by atoms with Crippen LogP contribution < -0.4 is 16.1 Å². The molecule has 1 heterocycles. The van der Waals surface area contributed by atoms with Gasteiger partial charge in [-0.1, -0.05) is 0 Å². The van der Waals surface area contributed by atoms with E-state index in [0.29, 0.717) is 0 Å². The number of aliphatic carboxylic acids is 1. The van der Waals surface area contributed by atoms with E-state index in [1.165, 1.54) is 0 Å². The Morgan fingerprint density at radius 1 is 1.35 bits per heavy atom. The number of carbonyl (C=O) groups excluding carboxylic acids is 1. The SMILES string of the molecule is CCNc1[nH]c(NCC[N+](=O)[O-])c(F)c(=O)c1C(=O)CC(=O)O. The van der Waals surface area contributed by atoms with Crippen molar-refractivity contribution >= 4 is 23.4 Å². The molecule has 126 valence electrons. The zero-order valence-corrected chi connectivity index (χ0v) is 12.1. The van der Waals surface area contributed by atoms with E-state index < -0.39 is 52.3 Å². The maximum Gasteiger partial charge on any atom is 0.311 e. The van der Waals surface area contributed by atoms with E-state index >= 15 is 0 Å². The molecule has 10 nitrogen and oxygen atoms in total. The molecule has 1 aromatic heterocycles. The molecular formula is C12H15FN4O6. The lowest BCUT2D eigenvalue weighted by molar-refractivity contribution is -0.476. The molecule has 0 radical (unpaired) electrons. The highest BCUT2D eigenvalue weighted by molar-refractivity contribution is 6.08. The van der Waals surface area contributed by atoms with E-state index in [-0.39, 0.29) is 18.9 Å². The Bertz CT molecular complexity index is 687. The average Bonchev–Trinajstić information content (AvgIpc) is 2.43. The molecule has 0 aromatic carbocycles. The third-order valence-corrected chi connectivity index (χ3v) is 2.69. The molecule has 0 saturated carbocycles. The Hall–Kier alpha value is -2.98. The van der Waals surface area contributed by atoms with Gasteiger partial charge in [0.1, 0.15) is 23.6 Å². The summed E-state index contributed by atoms with van der Waals surface area (Å²) in [5, 5.41) is 23.8. The van der Waals surface area contributed by atoms with Gasteiger partial charge in [-0.15, -0.1) is 0 Å². The van der Waals surface area contributed by atoms with Crippen molar-refractivity contribution in [2.45, 2.75) is 13.3 Å². The molecule has 0 aliphatic heterocycles. The summed E-state index contributed by atoms with van der Waals surface area (Å²) in [6.07, 6.45) is -0.963. The van der Waals surface area contributed by atoms with E-state index in [9.17, 15) is 28.9 Å². The van der Waals surface area contributed by atoms with Gasteiger partial charge in [0, 0.05) is 11.5 Å². The molecule has 1 rings (SSSR count). The van der Waals surface area contributed by atoms with Gasteiger partial charge in [-0.2, -0.15) is 4.39 Å². The van der Waals surface area contributed by atoms with Crippen LogP contribution in [0.25, 0.3) is 0 Å². The van der Waals surface area contributed by atoms with Gasteiger partial charge in [-0.3, -0.25) is 24.5 Å². The Kier molecular flexibility index (Phi) is 6.18. The summed E-state index contributed by atoms with van der Waals surface area (Å²) in [5.74, 6) is -4.41. The Labute approximate surface area is 128 Å². The Balaban J connectivity index is 3.24. The number of hydrogen-bond acceptors (Lipinski definition) is 7. The molecule has 0 bridgehead atoms. The smallest absolute Gasteiger partial charge is 0.311 e. The van der Waals surface area contributed by atoms with Crippen LogP contribution in [0.5, 0.6) is 0 Å². The van der Waals surface area contributed by atoms with Crippen molar-refractivity contribution in [1.82, 2.24) is 4.98 Å². The van der Waals surface area contributed by atoms with E-state index in [0.717, 1.165) is 0 Å². The number of carbonyl (C=O) groups is 2. The zero-order chi connectivity index (χ0) is 17.6. The van der Waals surface area contributed by atoms with Gasteiger partial charge in [0.25, 0.3) is 0 Å². The van der Waals surface area contributed by atoms with Gasteiger partial charge < -0.3 is 20.7 Å². The number of nitrogens with zero attached hydrogens (tertiary/aromatic N) is 1. The number of rotatable bonds is 9. The summed E-state index contributed by atoms with van der Waals surface area (Å²) >= 11 is 0. The first-order valence-electron chi connectivity index (χ1n) is 6.58. The number of aromatic amines is 1.